The van der Waals surface area contributed by atoms with Crippen molar-refractivity contribution < 1.29 is 22.0 Å². The summed E-state index contributed by atoms with van der Waals surface area (Å²) in [6, 6.07) is 29.9. The fourth-order valence-corrected chi connectivity index (χ4v) is 7.31. The third-order valence-corrected chi connectivity index (χ3v) is 9.83. The lowest BCUT2D eigenvalue weighted by Crippen LogP contribution is -2.07. The highest BCUT2D eigenvalue weighted by Crippen LogP contribution is 2.52. The SMILES string of the molecule is [C-]#[N+]/C(C#N)=C1/c2cc(-c3ccc(C(F)(F)F)c(F)c3)ccc2-c2cc3cc4c(cc3cc21)-c1ccc(-c2ccc(C)c(F)c2)cc1/C4=C(/C#N)[N+]#[C-]. The van der Waals surface area contributed by atoms with E-state index in [1.54, 1.807) is 31.2 Å². The molecule has 0 unspecified atom stereocenters. The molecule has 2 aliphatic carbocycles. The Morgan fingerprint density at radius 2 is 0.925 bits per heavy atom. The quantitative estimate of drug-likeness (QED) is 0.103. The van der Waals surface area contributed by atoms with Crippen LogP contribution < -0.4 is 0 Å². The molecular weight excluding hydrogens is 680 g/mol. The molecule has 4 nitrogen and oxygen atoms in total. The average molecular weight is 699 g/mol. The van der Waals surface area contributed by atoms with Crippen LogP contribution in [0, 0.1) is 54.4 Å². The number of hydrogen-bond donors (Lipinski definition) is 0. The first-order valence-corrected chi connectivity index (χ1v) is 16.0. The molecule has 2 aliphatic rings. The second kappa shape index (κ2) is 11.9. The van der Waals surface area contributed by atoms with Gasteiger partial charge in [0.15, 0.2) is 0 Å². The highest BCUT2D eigenvalue weighted by Gasteiger charge is 2.35. The Morgan fingerprint density at radius 1 is 0.528 bits per heavy atom. The Hall–Kier alpha value is -7.33. The lowest BCUT2D eigenvalue weighted by Gasteiger charge is -2.11. The van der Waals surface area contributed by atoms with Gasteiger partial charge in [0, 0.05) is 11.1 Å². The normalized spacial score (nSPS) is 14.2. The van der Waals surface area contributed by atoms with E-state index in [-0.39, 0.29) is 22.8 Å². The van der Waals surface area contributed by atoms with Crippen LogP contribution in [0.15, 0.2) is 108 Å². The van der Waals surface area contributed by atoms with E-state index in [0.717, 1.165) is 28.0 Å². The van der Waals surface area contributed by atoms with Gasteiger partial charge >= 0.3 is 6.18 Å². The molecule has 0 N–H and O–H groups in total. The number of benzene rings is 6. The molecular formula is C44H19F5N4. The van der Waals surface area contributed by atoms with Crippen molar-refractivity contribution >= 4 is 21.9 Å². The predicted octanol–water partition coefficient (Wildman–Crippen LogP) is 12.1. The van der Waals surface area contributed by atoms with Crippen LogP contribution in [0.25, 0.3) is 76.1 Å². The van der Waals surface area contributed by atoms with E-state index >= 15 is 0 Å². The lowest BCUT2D eigenvalue weighted by atomic mass is 9.94. The van der Waals surface area contributed by atoms with E-state index in [1.807, 2.05) is 60.7 Å². The van der Waals surface area contributed by atoms with Crippen LogP contribution in [0.2, 0.25) is 0 Å². The standard InChI is InChI=1S/C44H19F5N4/c1-22-4-5-25(18-38(22)45)23-6-9-29-31-14-27-17-36-32(15-28(27)16-35(31)42(33(29)12-23)40(20-50)52-2)30-10-7-24(13-34(30)43(36)41(21-51)53-3)26-8-11-37(39(46)19-26)44(47,48)49/h4-19H,1H3/b42-40+,43-41-. The molecule has 6 aromatic carbocycles. The van der Waals surface area contributed by atoms with E-state index in [1.165, 1.54) is 12.1 Å². The molecule has 0 atom stereocenters. The van der Waals surface area contributed by atoms with Crippen molar-refractivity contribution in [3.8, 4) is 56.6 Å². The van der Waals surface area contributed by atoms with Crippen molar-refractivity contribution in [3.63, 3.8) is 0 Å². The molecule has 0 aromatic heterocycles. The smallest absolute Gasteiger partial charge is 0.226 e. The van der Waals surface area contributed by atoms with Crippen molar-refractivity contribution in [2.24, 2.45) is 0 Å². The number of allylic oxidation sites excluding steroid dienone is 2. The number of fused-ring (bicyclic) bond motifs is 7. The largest absolute Gasteiger partial charge is 0.419 e. The molecule has 0 saturated heterocycles. The Kier molecular flexibility index (Phi) is 7.37. The van der Waals surface area contributed by atoms with E-state index in [4.69, 9.17) is 13.1 Å². The van der Waals surface area contributed by atoms with Crippen LogP contribution >= 0.6 is 0 Å². The Bertz CT molecular complexity index is 2870. The van der Waals surface area contributed by atoms with Crippen molar-refractivity contribution in [2.75, 3.05) is 0 Å². The number of rotatable bonds is 2. The van der Waals surface area contributed by atoms with Gasteiger partial charge in [-0.15, -0.1) is 0 Å². The van der Waals surface area contributed by atoms with Crippen molar-refractivity contribution in [1.29, 1.82) is 10.5 Å². The van der Waals surface area contributed by atoms with Crippen LogP contribution in [0.4, 0.5) is 22.0 Å². The van der Waals surface area contributed by atoms with E-state index in [2.05, 4.69) is 9.69 Å². The molecule has 0 heterocycles. The van der Waals surface area contributed by atoms with Gasteiger partial charge in [-0.1, -0.05) is 42.5 Å². The molecule has 0 saturated carbocycles. The van der Waals surface area contributed by atoms with Crippen LogP contribution in [0.1, 0.15) is 33.4 Å². The summed E-state index contributed by atoms with van der Waals surface area (Å²) in [5.41, 5.74) is 6.91. The zero-order valence-electron chi connectivity index (χ0n) is 27.4. The first-order valence-electron chi connectivity index (χ1n) is 16.0. The first-order chi connectivity index (χ1) is 25.4. The number of nitriles is 2. The number of aryl methyl sites for hydroxylation is 1. The maximum absolute atomic E-state index is 14.6. The van der Waals surface area contributed by atoms with Crippen molar-refractivity contribution in [2.45, 2.75) is 13.1 Å². The minimum atomic E-state index is -4.85. The zero-order chi connectivity index (χ0) is 37.3. The van der Waals surface area contributed by atoms with Crippen LogP contribution in [-0.2, 0) is 6.18 Å². The number of nitrogens with zero attached hydrogens (tertiary/aromatic N) is 4. The van der Waals surface area contributed by atoms with E-state index in [0.29, 0.717) is 72.8 Å². The zero-order valence-corrected chi connectivity index (χ0v) is 27.4. The maximum Gasteiger partial charge on any atom is 0.419 e. The van der Waals surface area contributed by atoms with Crippen LogP contribution in [0.3, 0.4) is 0 Å². The van der Waals surface area contributed by atoms with Crippen LogP contribution in [-0.4, -0.2) is 0 Å². The monoisotopic (exact) mass is 698 g/mol. The van der Waals surface area contributed by atoms with E-state index < -0.39 is 17.6 Å². The number of alkyl halides is 3. The first kappa shape index (κ1) is 32.9. The van der Waals surface area contributed by atoms with Gasteiger partial charge < -0.3 is 0 Å². The van der Waals surface area contributed by atoms with Gasteiger partial charge in [0.05, 0.1) is 30.8 Å². The molecule has 0 aliphatic heterocycles. The highest BCUT2D eigenvalue weighted by atomic mass is 19.4. The summed E-state index contributed by atoms with van der Waals surface area (Å²) in [5, 5.41) is 21.6. The number of hydrogen-bond acceptors (Lipinski definition) is 2. The fourth-order valence-electron chi connectivity index (χ4n) is 7.31. The summed E-state index contributed by atoms with van der Waals surface area (Å²) in [4.78, 5) is 7.05. The number of halogens is 5. The lowest BCUT2D eigenvalue weighted by molar-refractivity contribution is -0.139. The summed E-state index contributed by atoms with van der Waals surface area (Å²) in [6.07, 6.45) is -4.85. The Balaban J connectivity index is 1.32. The highest BCUT2D eigenvalue weighted by molar-refractivity contribution is 6.12. The molecule has 8 rings (SSSR count). The molecule has 53 heavy (non-hydrogen) atoms. The third kappa shape index (κ3) is 5.07. The minimum absolute atomic E-state index is 0.101. The molecule has 0 amide bonds. The summed E-state index contributed by atoms with van der Waals surface area (Å²) in [7, 11) is 0. The molecule has 0 bridgehead atoms. The van der Waals surface area contributed by atoms with Gasteiger partial charge in [-0.25, -0.2) is 29.0 Å². The second-order valence-electron chi connectivity index (χ2n) is 12.7. The molecule has 0 spiro atoms. The van der Waals surface area contributed by atoms with Gasteiger partial charge in [-0.2, -0.15) is 13.2 Å². The Morgan fingerprint density at radius 3 is 1.34 bits per heavy atom. The summed E-state index contributed by atoms with van der Waals surface area (Å²) in [6.45, 7) is 17.3. The summed E-state index contributed by atoms with van der Waals surface area (Å²) in [5.74, 6) is -1.77. The fraction of sp³-hybridized carbons (Fsp3) is 0.0455. The molecule has 9 heteroatoms. The van der Waals surface area contributed by atoms with Gasteiger partial charge in [-0.3, -0.25) is 0 Å². The molecule has 6 aromatic rings. The molecule has 250 valence electrons. The van der Waals surface area contributed by atoms with Gasteiger partial charge in [0.2, 0.25) is 0 Å². The summed E-state index contributed by atoms with van der Waals surface area (Å²) < 4.78 is 68.9. The molecule has 0 fully saturated rings. The molecule has 0 radical (unpaired) electrons. The van der Waals surface area contributed by atoms with Crippen molar-refractivity contribution in [3.05, 3.63) is 176 Å². The maximum atomic E-state index is 14.6. The van der Waals surface area contributed by atoms with Gasteiger partial charge in [0.1, 0.15) is 11.6 Å². The average Bonchev–Trinajstić information content (AvgIpc) is 3.62. The van der Waals surface area contributed by atoms with Gasteiger partial charge in [0.25, 0.3) is 11.4 Å². The van der Waals surface area contributed by atoms with Crippen molar-refractivity contribution in [1.82, 2.24) is 0 Å². The minimum Gasteiger partial charge on any atom is -0.226 e. The van der Waals surface area contributed by atoms with Gasteiger partial charge in [-0.05, 0) is 145 Å². The van der Waals surface area contributed by atoms with Crippen LogP contribution in [0.5, 0.6) is 0 Å². The van der Waals surface area contributed by atoms with E-state index in [9.17, 15) is 32.5 Å². The summed E-state index contributed by atoms with van der Waals surface area (Å²) >= 11 is 0. The second-order valence-corrected chi connectivity index (χ2v) is 12.7. The predicted molar refractivity (Wildman–Crippen MR) is 192 cm³/mol. The third-order valence-electron chi connectivity index (χ3n) is 9.83. The topological polar surface area (TPSA) is 56.3 Å². The Labute approximate surface area is 299 Å².